The molecule has 0 amide bonds. The molecule has 0 radical (unpaired) electrons. The van der Waals surface area contributed by atoms with E-state index >= 15 is 0 Å². The van der Waals surface area contributed by atoms with Gasteiger partial charge in [-0.15, -0.1) is 0 Å². The summed E-state index contributed by atoms with van der Waals surface area (Å²) in [6, 6.07) is 0. The number of rotatable bonds is 0. The molecule has 1 heterocycles. The van der Waals surface area contributed by atoms with E-state index in [0.29, 0.717) is 18.3 Å². The van der Waals surface area contributed by atoms with Crippen molar-refractivity contribution in [1.82, 2.24) is 0 Å². The largest absolute Gasteiger partial charge is 0.393 e. The Balaban J connectivity index is 1.36. The zero-order valence-electron chi connectivity index (χ0n) is 12.3. The Morgan fingerprint density at radius 2 is 1.43 bits per heavy atom. The fraction of sp³-hybridized carbons (Fsp3) is 1.00. The highest BCUT2D eigenvalue weighted by atomic mass is 17.4. The second-order valence-corrected chi connectivity index (χ2v) is 8.02. The van der Waals surface area contributed by atoms with Gasteiger partial charge in [-0.05, 0) is 56.8 Å². The van der Waals surface area contributed by atoms with E-state index in [1.807, 2.05) is 0 Å². The molecule has 5 nitrogen and oxygen atoms in total. The lowest BCUT2D eigenvalue weighted by Crippen LogP contribution is -2.65. The molecule has 4 bridgehead atoms. The second kappa shape index (κ2) is 4.42. The van der Waals surface area contributed by atoms with E-state index in [9.17, 15) is 5.11 Å². The first-order chi connectivity index (χ1) is 10.2. The van der Waals surface area contributed by atoms with Crippen molar-refractivity contribution in [3.05, 3.63) is 0 Å². The zero-order chi connectivity index (χ0) is 14.1. The Kier molecular flexibility index (Phi) is 2.79. The van der Waals surface area contributed by atoms with E-state index in [-0.39, 0.29) is 0 Å². The van der Waals surface area contributed by atoms with Crippen LogP contribution in [0.1, 0.15) is 57.8 Å². The van der Waals surface area contributed by atoms with Crippen LogP contribution in [0.3, 0.4) is 0 Å². The van der Waals surface area contributed by atoms with Crippen LogP contribution in [-0.2, 0) is 19.6 Å². The van der Waals surface area contributed by atoms with Crippen LogP contribution in [0.2, 0.25) is 0 Å². The summed E-state index contributed by atoms with van der Waals surface area (Å²) in [6.07, 6.45) is 8.53. The van der Waals surface area contributed by atoms with E-state index in [1.54, 1.807) is 0 Å². The van der Waals surface area contributed by atoms with E-state index in [0.717, 1.165) is 31.1 Å². The summed E-state index contributed by atoms with van der Waals surface area (Å²) >= 11 is 0. The molecule has 5 aliphatic carbocycles. The predicted molar refractivity (Wildman–Crippen MR) is 71.3 cm³/mol. The van der Waals surface area contributed by atoms with Crippen molar-refractivity contribution < 1.29 is 24.7 Å². The maximum atomic E-state index is 9.86. The summed E-state index contributed by atoms with van der Waals surface area (Å²) in [5.41, 5.74) is 0. The van der Waals surface area contributed by atoms with Gasteiger partial charge in [0.2, 0.25) is 11.6 Å². The molecule has 1 N–H and O–H groups in total. The fourth-order valence-corrected chi connectivity index (χ4v) is 5.74. The lowest BCUT2D eigenvalue weighted by atomic mass is 9.53. The first-order valence-corrected chi connectivity index (χ1v) is 8.59. The van der Waals surface area contributed by atoms with Gasteiger partial charge in [0.15, 0.2) is 0 Å². The van der Waals surface area contributed by atoms with Crippen LogP contribution in [0.25, 0.3) is 0 Å². The third-order valence-corrected chi connectivity index (χ3v) is 6.57. The molecule has 0 aromatic rings. The van der Waals surface area contributed by atoms with Crippen molar-refractivity contribution in [2.24, 2.45) is 23.7 Å². The summed E-state index contributed by atoms with van der Waals surface area (Å²) in [5, 5.41) is 9.86. The molecule has 0 aromatic carbocycles. The number of aliphatic hydroxyl groups excluding tert-OH is 1. The van der Waals surface area contributed by atoms with Crippen LogP contribution in [0.5, 0.6) is 0 Å². The van der Waals surface area contributed by atoms with Crippen molar-refractivity contribution in [1.29, 1.82) is 0 Å². The van der Waals surface area contributed by atoms with Gasteiger partial charge in [0.1, 0.15) is 0 Å². The topological polar surface area (TPSA) is 57.2 Å². The van der Waals surface area contributed by atoms with Crippen molar-refractivity contribution in [3.63, 3.8) is 0 Å². The SMILES string of the molecule is OC1CCCC2(C1)OOC1(OO2)C2CC3CC(C2)CC1C3. The van der Waals surface area contributed by atoms with Crippen LogP contribution in [0.15, 0.2) is 0 Å². The summed E-state index contributed by atoms with van der Waals surface area (Å²) < 4.78 is 0. The van der Waals surface area contributed by atoms with Crippen molar-refractivity contribution in [2.75, 3.05) is 0 Å². The molecule has 1 saturated heterocycles. The first-order valence-electron chi connectivity index (χ1n) is 8.59. The van der Waals surface area contributed by atoms with Crippen LogP contribution >= 0.6 is 0 Å². The first kappa shape index (κ1) is 13.3. The quantitative estimate of drug-likeness (QED) is 0.696. The van der Waals surface area contributed by atoms with Crippen LogP contribution in [0, 0.1) is 23.7 Å². The molecule has 21 heavy (non-hydrogen) atoms. The molecule has 6 aliphatic rings. The molecule has 6 fully saturated rings. The molecule has 2 spiro atoms. The normalized spacial score (nSPS) is 59.0. The molecule has 5 saturated carbocycles. The van der Waals surface area contributed by atoms with E-state index in [1.165, 1.54) is 32.1 Å². The van der Waals surface area contributed by atoms with Gasteiger partial charge < -0.3 is 5.11 Å². The summed E-state index contributed by atoms with van der Waals surface area (Å²) in [6.45, 7) is 0. The number of hydrogen-bond donors (Lipinski definition) is 1. The summed E-state index contributed by atoms with van der Waals surface area (Å²) in [4.78, 5) is 23.4. The average molecular weight is 296 g/mol. The molecule has 5 heteroatoms. The maximum Gasteiger partial charge on any atom is 0.239 e. The maximum absolute atomic E-state index is 9.86. The Bertz CT molecular complexity index is 398. The van der Waals surface area contributed by atoms with Gasteiger partial charge in [-0.3, -0.25) is 0 Å². The van der Waals surface area contributed by atoms with Gasteiger partial charge in [0, 0.05) is 24.7 Å². The monoisotopic (exact) mass is 296 g/mol. The lowest BCUT2D eigenvalue weighted by Gasteiger charge is -2.60. The Morgan fingerprint density at radius 3 is 2.00 bits per heavy atom. The fourth-order valence-electron chi connectivity index (χ4n) is 5.74. The Morgan fingerprint density at radius 1 is 0.810 bits per heavy atom. The minimum atomic E-state index is -0.891. The predicted octanol–water partition coefficient (Wildman–Crippen LogP) is 2.68. The molecule has 1 unspecified atom stereocenters. The summed E-state index contributed by atoms with van der Waals surface area (Å²) in [7, 11) is 0. The van der Waals surface area contributed by atoms with Gasteiger partial charge in [-0.25, -0.2) is 0 Å². The number of aliphatic hydroxyl groups is 1. The molecule has 118 valence electrons. The highest BCUT2D eigenvalue weighted by Crippen LogP contribution is 2.61. The van der Waals surface area contributed by atoms with Crippen LogP contribution in [0.4, 0.5) is 0 Å². The van der Waals surface area contributed by atoms with Gasteiger partial charge in [0.25, 0.3) is 0 Å². The minimum Gasteiger partial charge on any atom is -0.393 e. The van der Waals surface area contributed by atoms with Crippen molar-refractivity contribution >= 4 is 0 Å². The third kappa shape index (κ3) is 1.88. The molecular weight excluding hydrogens is 272 g/mol. The third-order valence-electron chi connectivity index (χ3n) is 6.57. The van der Waals surface area contributed by atoms with E-state index in [4.69, 9.17) is 19.6 Å². The van der Waals surface area contributed by atoms with Crippen molar-refractivity contribution in [3.8, 4) is 0 Å². The standard InChI is InChI=1S/C16H24O5/c17-14-2-1-3-15(9-14)18-20-16(21-19-15)12-5-10-4-11(7-12)8-13(16)6-10/h10-14,17H,1-9H2. The molecule has 6 rings (SSSR count). The second-order valence-electron chi connectivity index (χ2n) is 8.02. The van der Waals surface area contributed by atoms with Gasteiger partial charge in [0.05, 0.1) is 6.10 Å². The van der Waals surface area contributed by atoms with Crippen LogP contribution < -0.4 is 0 Å². The van der Waals surface area contributed by atoms with E-state index in [2.05, 4.69) is 0 Å². The van der Waals surface area contributed by atoms with Gasteiger partial charge >= 0.3 is 0 Å². The van der Waals surface area contributed by atoms with Gasteiger partial charge in [-0.1, -0.05) is 0 Å². The smallest absolute Gasteiger partial charge is 0.239 e. The molecule has 1 atom stereocenters. The highest BCUT2D eigenvalue weighted by molar-refractivity contribution is 5.03. The molecule has 0 aromatic heterocycles. The highest BCUT2D eigenvalue weighted by Gasteiger charge is 2.64. The minimum absolute atomic E-state index is 0.390. The lowest BCUT2D eigenvalue weighted by molar-refractivity contribution is -0.681. The Labute approximate surface area is 124 Å². The van der Waals surface area contributed by atoms with Crippen molar-refractivity contribution in [2.45, 2.75) is 75.5 Å². The zero-order valence-corrected chi connectivity index (χ0v) is 12.3. The summed E-state index contributed by atoms with van der Waals surface area (Å²) in [5.74, 6) is 0.924. The average Bonchev–Trinajstić information content (AvgIpc) is 2.46. The number of hydrogen-bond acceptors (Lipinski definition) is 5. The van der Waals surface area contributed by atoms with Gasteiger partial charge in [-0.2, -0.15) is 19.6 Å². The van der Waals surface area contributed by atoms with Crippen LogP contribution in [-0.4, -0.2) is 22.8 Å². The molecule has 1 aliphatic heterocycles. The Hall–Kier alpha value is -0.200. The van der Waals surface area contributed by atoms with E-state index < -0.39 is 17.7 Å². The molecular formula is C16H24O5.